The van der Waals surface area contributed by atoms with Crippen molar-refractivity contribution in [1.82, 2.24) is 14.7 Å². The molecule has 0 saturated carbocycles. The van der Waals surface area contributed by atoms with Gasteiger partial charge in [-0.1, -0.05) is 18.2 Å². The maximum Gasteiger partial charge on any atom is 0.387 e. The first-order valence-corrected chi connectivity index (χ1v) is 10.2. The minimum Gasteiger partial charge on any atom is -0.482 e. The fraction of sp³-hybridized carbons (Fsp3) is 0.304. The maximum atomic E-state index is 14.1. The predicted molar refractivity (Wildman–Crippen MR) is 109 cm³/mol. The molecule has 5 rings (SSSR count). The molecule has 0 atom stereocenters. The van der Waals surface area contributed by atoms with E-state index in [4.69, 9.17) is 4.74 Å². The number of hydrogen-bond acceptors (Lipinski definition) is 4. The summed E-state index contributed by atoms with van der Waals surface area (Å²) in [7, 11) is 1.85. The van der Waals surface area contributed by atoms with Crippen LogP contribution in [0.5, 0.6) is 11.5 Å². The standard InChI is InChI=1S/C23H20F3N3O3/c1-28-13-16-19(27-28)14-5-2-3-8-18(14)32-23(16)9-11-29(12-10-23)21(30)15-6-4-7-17(24)20(15)31-22(25)26/h2-8,13,22H,9-12H2,1H3. The summed E-state index contributed by atoms with van der Waals surface area (Å²) in [6.45, 7) is -2.62. The fourth-order valence-electron chi connectivity index (χ4n) is 4.54. The highest BCUT2D eigenvalue weighted by molar-refractivity contribution is 5.97. The zero-order valence-corrected chi connectivity index (χ0v) is 17.2. The second-order valence-corrected chi connectivity index (χ2v) is 7.94. The molecular weight excluding hydrogens is 423 g/mol. The van der Waals surface area contributed by atoms with Crippen molar-refractivity contribution in [2.45, 2.75) is 25.1 Å². The Morgan fingerprint density at radius 3 is 2.66 bits per heavy atom. The number of halogens is 3. The van der Waals surface area contributed by atoms with Gasteiger partial charge in [-0.2, -0.15) is 13.9 Å². The van der Waals surface area contributed by atoms with Gasteiger partial charge in [0.2, 0.25) is 0 Å². The second kappa shape index (κ2) is 7.58. The summed E-state index contributed by atoms with van der Waals surface area (Å²) in [4.78, 5) is 14.6. The molecule has 3 heterocycles. The molecule has 2 aromatic carbocycles. The average molecular weight is 443 g/mol. The summed E-state index contributed by atoms with van der Waals surface area (Å²) < 4.78 is 52.1. The molecular formula is C23H20F3N3O3. The molecule has 166 valence electrons. The molecule has 1 fully saturated rings. The van der Waals surface area contributed by atoms with E-state index < -0.39 is 29.7 Å². The second-order valence-electron chi connectivity index (χ2n) is 7.94. The van der Waals surface area contributed by atoms with Gasteiger partial charge in [0, 0.05) is 50.3 Å². The van der Waals surface area contributed by atoms with Crippen LogP contribution in [-0.2, 0) is 12.6 Å². The van der Waals surface area contributed by atoms with E-state index in [1.165, 1.54) is 17.0 Å². The Hall–Kier alpha value is -3.49. The van der Waals surface area contributed by atoms with Crippen molar-refractivity contribution in [3.8, 4) is 22.8 Å². The van der Waals surface area contributed by atoms with E-state index in [0.29, 0.717) is 25.9 Å². The Bertz CT molecular complexity index is 1190. The highest BCUT2D eigenvalue weighted by Gasteiger charge is 2.46. The van der Waals surface area contributed by atoms with E-state index >= 15 is 0 Å². The third-order valence-electron chi connectivity index (χ3n) is 6.03. The van der Waals surface area contributed by atoms with E-state index in [1.807, 2.05) is 37.5 Å². The van der Waals surface area contributed by atoms with Crippen LogP contribution < -0.4 is 9.47 Å². The van der Waals surface area contributed by atoms with Gasteiger partial charge < -0.3 is 14.4 Å². The van der Waals surface area contributed by atoms with Crippen LogP contribution in [0.3, 0.4) is 0 Å². The van der Waals surface area contributed by atoms with Crippen molar-refractivity contribution >= 4 is 5.91 Å². The zero-order valence-electron chi connectivity index (χ0n) is 17.2. The van der Waals surface area contributed by atoms with Crippen LogP contribution >= 0.6 is 0 Å². The highest BCUT2D eigenvalue weighted by Crippen LogP contribution is 2.49. The summed E-state index contributed by atoms with van der Waals surface area (Å²) in [6.07, 6.45) is 2.89. The number of likely N-dealkylation sites (tertiary alicyclic amines) is 1. The van der Waals surface area contributed by atoms with Crippen LogP contribution in [-0.4, -0.2) is 40.3 Å². The van der Waals surface area contributed by atoms with Crippen LogP contribution in [0.15, 0.2) is 48.7 Å². The Labute approximate surface area is 182 Å². The quantitative estimate of drug-likeness (QED) is 0.604. The van der Waals surface area contributed by atoms with E-state index in [2.05, 4.69) is 9.84 Å². The Morgan fingerprint density at radius 1 is 1.16 bits per heavy atom. The van der Waals surface area contributed by atoms with Crippen molar-refractivity contribution < 1.29 is 27.4 Å². The molecule has 1 saturated heterocycles. The number of carbonyl (C=O) groups is 1. The number of fused-ring (bicyclic) bond motifs is 4. The molecule has 3 aromatic rings. The molecule has 0 unspecified atom stereocenters. The van der Waals surface area contributed by atoms with Crippen molar-refractivity contribution in [2.75, 3.05) is 13.1 Å². The summed E-state index contributed by atoms with van der Waals surface area (Å²) >= 11 is 0. The van der Waals surface area contributed by atoms with Crippen LogP contribution in [0.1, 0.15) is 28.8 Å². The summed E-state index contributed by atoms with van der Waals surface area (Å²) in [5, 5.41) is 4.62. The summed E-state index contributed by atoms with van der Waals surface area (Å²) in [5.74, 6) is -1.56. The lowest BCUT2D eigenvalue weighted by Crippen LogP contribution is -2.49. The maximum absolute atomic E-state index is 14.1. The van der Waals surface area contributed by atoms with E-state index in [1.54, 1.807) is 4.68 Å². The molecule has 0 N–H and O–H groups in total. The van der Waals surface area contributed by atoms with Gasteiger partial charge in [0.1, 0.15) is 17.0 Å². The summed E-state index contributed by atoms with van der Waals surface area (Å²) in [5.41, 5.74) is 1.85. The van der Waals surface area contributed by atoms with Crippen LogP contribution in [0.4, 0.5) is 13.2 Å². The molecule has 1 aromatic heterocycles. The van der Waals surface area contributed by atoms with Gasteiger partial charge in [-0.25, -0.2) is 4.39 Å². The van der Waals surface area contributed by atoms with Gasteiger partial charge >= 0.3 is 6.61 Å². The monoisotopic (exact) mass is 443 g/mol. The molecule has 1 amide bonds. The normalized spacial score (nSPS) is 16.5. The third kappa shape index (κ3) is 3.28. The van der Waals surface area contributed by atoms with Gasteiger partial charge in [0.25, 0.3) is 5.91 Å². The van der Waals surface area contributed by atoms with Crippen LogP contribution in [0, 0.1) is 5.82 Å². The number of aryl methyl sites for hydroxylation is 1. The SMILES string of the molecule is Cn1cc2c(n1)-c1ccccc1OC21CCN(C(=O)c2cccc(F)c2OC(F)F)CC1. The molecule has 0 radical (unpaired) electrons. The number of ether oxygens (including phenoxy) is 2. The van der Waals surface area contributed by atoms with Crippen LogP contribution in [0.2, 0.25) is 0 Å². The molecule has 2 aliphatic rings. The lowest BCUT2D eigenvalue weighted by Gasteiger charge is -2.44. The number of nitrogens with zero attached hydrogens (tertiary/aromatic N) is 3. The van der Waals surface area contributed by atoms with Gasteiger partial charge in [-0.05, 0) is 24.3 Å². The molecule has 32 heavy (non-hydrogen) atoms. The van der Waals surface area contributed by atoms with Crippen LogP contribution in [0.25, 0.3) is 11.3 Å². The number of alkyl halides is 2. The molecule has 2 aliphatic heterocycles. The number of para-hydroxylation sites is 2. The molecule has 1 spiro atoms. The highest BCUT2D eigenvalue weighted by atomic mass is 19.3. The topological polar surface area (TPSA) is 56.6 Å². The first-order valence-electron chi connectivity index (χ1n) is 10.2. The zero-order chi connectivity index (χ0) is 22.5. The lowest BCUT2D eigenvalue weighted by molar-refractivity contribution is -0.0527. The van der Waals surface area contributed by atoms with Crippen molar-refractivity contribution in [3.05, 3.63) is 65.6 Å². The Morgan fingerprint density at radius 2 is 1.91 bits per heavy atom. The number of carbonyl (C=O) groups excluding carboxylic acids is 1. The van der Waals surface area contributed by atoms with Crippen molar-refractivity contribution in [3.63, 3.8) is 0 Å². The first-order chi connectivity index (χ1) is 15.4. The van der Waals surface area contributed by atoms with E-state index in [9.17, 15) is 18.0 Å². The number of benzene rings is 2. The minimum absolute atomic E-state index is 0.224. The third-order valence-corrected chi connectivity index (χ3v) is 6.03. The minimum atomic E-state index is -3.23. The average Bonchev–Trinajstić information content (AvgIpc) is 3.18. The van der Waals surface area contributed by atoms with Crippen molar-refractivity contribution in [1.29, 1.82) is 0 Å². The molecule has 6 nitrogen and oxygen atoms in total. The Balaban J connectivity index is 1.42. The molecule has 0 bridgehead atoms. The van der Waals surface area contributed by atoms with Gasteiger partial charge in [-0.15, -0.1) is 0 Å². The number of amides is 1. The number of hydrogen-bond donors (Lipinski definition) is 0. The Kier molecular flexibility index (Phi) is 4.83. The van der Waals surface area contributed by atoms with Crippen molar-refractivity contribution in [2.24, 2.45) is 7.05 Å². The summed E-state index contributed by atoms with van der Waals surface area (Å²) in [6, 6.07) is 11.3. The smallest absolute Gasteiger partial charge is 0.387 e. The number of piperidine rings is 1. The number of aromatic nitrogens is 2. The van der Waals surface area contributed by atoms with E-state index in [0.717, 1.165) is 28.6 Å². The van der Waals surface area contributed by atoms with Gasteiger partial charge in [0.15, 0.2) is 11.6 Å². The number of rotatable bonds is 3. The van der Waals surface area contributed by atoms with E-state index in [-0.39, 0.29) is 5.56 Å². The van der Waals surface area contributed by atoms with Gasteiger partial charge in [0.05, 0.1) is 5.56 Å². The van der Waals surface area contributed by atoms with Gasteiger partial charge in [-0.3, -0.25) is 9.48 Å². The largest absolute Gasteiger partial charge is 0.482 e. The fourth-order valence-corrected chi connectivity index (χ4v) is 4.54. The molecule has 9 heteroatoms. The lowest BCUT2D eigenvalue weighted by atomic mass is 9.81. The predicted octanol–water partition coefficient (Wildman–Crippen LogP) is 4.35. The first kappa shape index (κ1) is 20.4. The molecule has 0 aliphatic carbocycles.